The van der Waals surface area contributed by atoms with Crippen molar-refractivity contribution in [2.45, 2.75) is 5.78 Å². The van der Waals surface area contributed by atoms with Crippen LogP contribution in [-0.4, -0.2) is 7.05 Å². The third-order valence-electron chi connectivity index (χ3n) is 3.79. The fourth-order valence-electron chi connectivity index (χ4n) is 2.57. The molecular formula is C20H21N2O3P. The Morgan fingerprint density at radius 2 is 1.27 bits per heavy atom. The van der Waals surface area contributed by atoms with Gasteiger partial charge in [0.25, 0.3) is 0 Å². The van der Waals surface area contributed by atoms with Crippen molar-refractivity contribution >= 4 is 13.3 Å². The van der Waals surface area contributed by atoms with Gasteiger partial charge in [0.15, 0.2) is 5.78 Å². The van der Waals surface area contributed by atoms with E-state index in [0.717, 1.165) is 5.56 Å². The van der Waals surface area contributed by atoms with Gasteiger partial charge in [0.05, 0.1) is 0 Å². The number of para-hydroxylation sites is 2. The zero-order valence-electron chi connectivity index (χ0n) is 14.4. The largest absolute Gasteiger partial charge is 0.452 e. The van der Waals surface area contributed by atoms with E-state index in [9.17, 15) is 4.57 Å². The van der Waals surface area contributed by atoms with Crippen LogP contribution in [0.3, 0.4) is 0 Å². The minimum absolute atomic E-state index is 0.474. The molecule has 0 saturated carbocycles. The highest BCUT2D eigenvalue weighted by molar-refractivity contribution is 7.55. The van der Waals surface area contributed by atoms with Crippen LogP contribution in [0, 0.1) is 0 Å². The summed E-state index contributed by atoms with van der Waals surface area (Å²) in [6.07, 6.45) is 0. The molecule has 0 radical (unpaired) electrons. The lowest BCUT2D eigenvalue weighted by atomic mass is 10.2. The molecule has 1 unspecified atom stereocenters. The number of benzene rings is 3. The van der Waals surface area contributed by atoms with E-state index in [0.29, 0.717) is 17.2 Å². The van der Waals surface area contributed by atoms with Crippen molar-refractivity contribution in [1.29, 1.82) is 0 Å². The Morgan fingerprint density at radius 1 is 0.808 bits per heavy atom. The van der Waals surface area contributed by atoms with Gasteiger partial charge in [-0.1, -0.05) is 48.5 Å². The number of nitrogens with one attached hydrogen (secondary N) is 1. The molecule has 3 N–H and O–H groups in total. The molecule has 0 amide bonds. The van der Waals surface area contributed by atoms with Crippen LogP contribution in [0.5, 0.6) is 11.5 Å². The molecule has 0 aliphatic heterocycles. The van der Waals surface area contributed by atoms with Crippen LogP contribution in [0.15, 0.2) is 84.9 Å². The topological polar surface area (TPSA) is 73.6 Å². The van der Waals surface area contributed by atoms with Crippen molar-refractivity contribution in [2.75, 3.05) is 12.8 Å². The molecule has 0 heterocycles. The maximum Gasteiger partial charge on any atom is 0.452 e. The zero-order chi connectivity index (χ0) is 18.4. The lowest BCUT2D eigenvalue weighted by Crippen LogP contribution is -2.22. The summed E-state index contributed by atoms with van der Waals surface area (Å²) < 4.78 is 25.6. The number of rotatable bonds is 7. The Balaban J connectivity index is 2.00. The number of nitrogen functional groups attached to an aromatic ring is 1. The Bertz CT molecular complexity index is 825. The second kappa shape index (κ2) is 8.09. The highest BCUT2D eigenvalue weighted by Gasteiger charge is 2.39. The smallest absolute Gasteiger partial charge is 0.415 e. The minimum Gasteiger partial charge on any atom is -0.415 e. The summed E-state index contributed by atoms with van der Waals surface area (Å²) in [5.41, 5.74) is 7.16. The molecule has 0 fully saturated rings. The van der Waals surface area contributed by atoms with Gasteiger partial charge in [0.1, 0.15) is 11.5 Å². The van der Waals surface area contributed by atoms with Crippen LogP contribution in [0.4, 0.5) is 5.69 Å². The summed E-state index contributed by atoms with van der Waals surface area (Å²) in [7, 11) is -1.94. The number of nitrogens with two attached hydrogens (primary N) is 1. The molecule has 26 heavy (non-hydrogen) atoms. The lowest BCUT2D eigenvalue weighted by Gasteiger charge is -2.27. The van der Waals surface area contributed by atoms with E-state index in [4.69, 9.17) is 14.8 Å². The summed E-state index contributed by atoms with van der Waals surface area (Å²) >= 11 is 0. The summed E-state index contributed by atoms with van der Waals surface area (Å²) in [5.74, 6) is 0.286. The fourth-order valence-corrected chi connectivity index (χ4v) is 4.50. The van der Waals surface area contributed by atoms with Crippen LogP contribution < -0.4 is 20.1 Å². The number of hydrogen-bond acceptors (Lipinski definition) is 5. The van der Waals surface area contributed by atoms with E-state index in [1.54, 1.807) is 43.4 Å². The first kappa shape index (κ1) is 18.1. The summed E-state index contributed by atoms with van der Waals surface area (Å²) in [4.78, 5) is 0. The van der Waals surface area contributed by atoms with Gasteiger partial charge >= 0.3 is 7.60 Å². The Labute approximate surface area is 153 Å². The Kier molecular flexibility index (Phi) is 5.61. The molecular weight excluding hydrogens is 347 g/mol. The molecule has 3 rings (SSSR count). The quantitative estimate of drug-likeness (QED) is 0.461. The molecule has 0 aliphatic carbocycles. The van der Waals surface area contributed by atoms with Crippen LogP contribution in [0.25, 0.3) is 0 Å². The van der Waals surface area contributed by atoms with Gasteiger partial charge in [-0.15, -0.1) is 0 Å². The highest BCUT2D eigenvalue weighted by Crippen LogP contribution is 2.58. The molecule has 0 aliphatic rings. The Hall–Kier alpha value is -2.75. The lowest BCUT2D eigenvalue weighted by molar-refractivity contribution is 0.365. The fraction of sp³-hybridized carbons (Fsp3) is 0.100. The van der Waals surface area contributed by atoms with Crippen molar-refractivity contribution in [3.8, 4) is 11.5 Å². The molecule has 134 valence electrons. The van der Waals surface area contributed by atoms with E-state index in [-0.39, 0.29) is 0 Å². The predicted molar refractivity (Wildman–Crippen MR) is 104 cm³/mol. The second-order valence-electron chi connectivity index (χ2n) is 5.71. The SMILES string of the molecule is CNC(c1ccc(N)cc1)P(=O)(Oc1ccccc1)Oc1ccccc1. The first-order valence-corrected chi connectivity index (χ1v) is 9.83. The van der Waals surface area contributed by atoms with Crippen molar-refractivity contribution in [1.82, 2.24) is 5.32 Å². The minimum atomic E-state index is -3.66. The van der Waals surface area contributed by atoms with Crippen molar-refractivity contribution in [3.05, 3.63) is 90.5 Å². The van der Waals surface area contributed by atoms with Crippen LogP contribution in [0.2, 0.25) is 0 Å². The van der Waals surface area contributed by atoms with E-state index in [2.05, 4.69) is 5.32 Å². The molecule has 0 saturated heterocycles. The van der Waals surface area contributed by atoms with E-state index in [1.165, 1.54) is 0 Å². The average Bonchev–Trinajstić information content (AvgIpc) is 2.65. The van der Waals surface area contributed by atoms with Gasteiger partial charge in [0, 0.05) is 5.69 Å². The normalized spacial score (nSPS) is 12.3. The first-order valence-electron chi connectivity index (χ1n) is 8.22. The molecule has 0 spiro atoms. The van der Waals surface area contributed by atoms with Crippen LogP contribution in [0.1, 0.15) is 11.3 Å². The molecule has 0 bridgehead atoms. The third kappa shape index (κ3) is 4.26. The van der Waals surface area contributed by atoms with E-state index in [1.807, 2.05) is 48.5 Å². The molecule has 3 aromatic carbocycles. The highest BCUT2D eigenvalue weighted by atomic mass is 31.2. The maximum absolute atomic E-state index is 13.8. The van der Waals surface area contributed by atoms with Gasteiger partial charge in [0.2, 0.25) is 0 Å². The summed E-state index contributed by atoms with van der Waals surface area (Å²) in [5, 5.41) is 3.06. The van der Waals surface area contributed by atoms with Crippen LogP contribution in [-0.2, 0) is 4.57 Å². The third-order valence-corrected chi connectivity index (χ3v) is 5.91. The van der Waals surface area contributed by atoms with E-state index >= 15 is 0 Å². The standard InChI is InChI=1S/C20H21N2O3P/c1-22-20(16-12-14-17(21)15-13-16)26(23,24-18-8-4-2-5-9-18)25-19-10-6-3-7-11-19/h2-15,20,22H,21H2,1H3. The number of anilines is 1. The Morgan fingerprint density at radius 3 is 1.69 bits per heavy atom. The summed E-state index contributed by atoms with van der Waals surface area (Å²) in [6, 6.07) is 25.1. The zero-order valence-corrected chi connectivity index (χ0v) is 15.3. The summed E-state index contributed by atoms with van der Waals surface area (Å²) in [6.45, 7) is 0. The van der Waals surface area contributed by atoms with Gasteiger partial charge in [-0.2, -0.15) is 0 Å². The predicted octanol–water partition coefficient (Wildman–Crippen LogP) is 4.84. The van der Waals surface area contributed by atoms with Gasteiger partial charge < -0.3 is 20.1 Å². The molecule has 1 atom stereocenters. The van der Waals surface area contributed by atoms with Gasteiger partial charge in [-0.3, -0.25) is 0 Å². The van der Waals surface area contributed by atoms with Crippen molar-refractivity contribution in [3.63, 3.8) is 0 Å². The van der Waals surface area contributed by atoms with Crippen molar-refractivity contribution in [2.24, 2.45) is 0 Å². The number of hydrogen-bond donors (Lipinski definition) is 2. The molecule has 5 nitrogen and oxygen atoms in total. The van der Waals surface area contributed by atoms with Gasteiger partial charge in [-0.25, -0.2) is 4.57 Å². The van der Waals surface area contributed by atoms with Crippen molar-refractivity contribution < 1.29 is 13.6 Å². The molecule has 0 aromatic heterocycles. The average molecular weight is 368 g/mol. The maximum atomic E-state index is 13.8. The molecule has 3 aromatic rings. The monoisotopic (exact) mass is 368 g/mol. The second-order valence-corrected chi connectivity index (χ2v) is 7.67. The molecule has 6 heteroatoms. The van der Waals surface area contributed by atoms with Gasteiger partial charge in [-0.05, 0) is 49.0 Å². The van der Waals surface area contributed by atoms with E-state index < -0.39 is 13.4 Å². The first-order chi connectivity index (χ1) is 12.6. The van der Waals surface area contributed by atoms with Crippen LogP contribution >= 0.6 is 7.60 Å².